The highest BCUT2D eigenvalue weighted by Crippen LogP contribution is 2.32. The van der Waals surface area contributed by atoms with E-state index in [1.54, 1.807) is 19.4 Å². The van der Waals surface area contributed by atoms with Crippen molar-refractivity contribution in [2.75, 3.05) is 37.4 Å². The predicted molar refractivity (Wildman–Crippen MR) is 156 cm³/mol. The summed E-state index contributed by atoms with van der Waals surface area (Å²) in [5, 5.41) is 3.29. The van der Waals surface area contributed by atoms with Gasteiger partial charge < -0.3 is 25.6 Å². The van der Waals surface area contributed by atoms with Gasteiger partial charge in [-0.3, -0.25) is 4.79 Å². The number of nitrogens with two attached hydrogens (primary N) is 1. The van der Waals surface area contributed by atoms with E-state index in [9.17, 15) is 9.59 Å². The number of fused-ring (bicyclic) bond motifs is 1. The van der Waals surface area contributed by atoms with Crippen molar-refractivity contribution in [3.8, 4) is 0 Å². The third-order valence-electron chi connectivity index (χ3n) is 6.72. The molecular weight excluding hydrogens is 492 g/mol. The molecule has 39 heavy (non-hydrogen) atoms. The third kappa shape index (κ3) is 8.70. The Labute approximate surface area is 232 Å². The number of benzene rings is 1. The monoisotopic (exact) mass is 536 g/mol. The zero-order valence-corrected chi connectivity index (χ0v) is 24.5. The molecule has 0 saturated heterocycles. The van der Waals surface area contributed by atoms with E-state index in [1.807, 2.05) is 40.0 Å². The third-order valence-corrected chi connectivity index (χ3v) is 6.72. The molecule has 1 amide bonds. The van der Waals surface area contributed by atoms with Gasteiger partial charge in [0.2, 0.25) is 0 Å². The van der Waals surface area contributed by atoms with Crippen LogP contribution in [-0.4, -0.2) is 59.5 Å². The predicted octanol–water partition coefficient (Wildman–Crippen LogP) is 5.66. The van der Waals surface area contributed by atoms with Crippen molar-refractivity contribution in [2.24, 2.45) is 5.73 Å². The number of anilines is 2. The molecule has 1 aromatic heterocycles. The highest BCUT2D eigenvalue weighted by molar-refractivity contribution is 6.00. The Morgan fingerprint density at radius 2 is 2.05 bits per heavy atom. The number of nitrogens with one attached hydrogen (secondary N) is 1. The lowest BCUT2D eigenvalue weighted by Crippen LogP contribution is -2.35. The van der Waals surface area contributed by atoms with E-state index in [0.717, 1.165) is 36.7 Å². The van der Waals surface area contributed by atoms with Crippen LogP contribution in [0, 0.1) is 0 Å². The molecular formula is C30H44N6O3. The fourth-order valence-electron chi connectivity index (χ4n) is 4.38. The van der Waals surface area contributed by atoms with Crippen molar-refractivity contribution in [1.29, 1.82) is 0 Å². The number of nitrogens with zero attached hydrogens (tertiary/aromatic N) is 4. The van der Waals surface area contributed by atoms with Gasteiger partial charge >= 0.3 is 6.09 Å². The van der Waals surface area contributed by atoms with Gasteiger partial charge in [0.25, 0.3) is 0 Å². The van der Waals surface area contributed by atoms with Crippen LogP contribution in [0.15, 0.2) is 42.4 Å². The Morgan fingerprint density at radius 1 is 1.31 bits per heavy atom. The molecule has 9 nitrogen and oxygen atoms in total. The summed E-state index contributed by atoms with van der Waals surface area (Å²) in [6.07, 6.45) is 5.73. The van der Waals surface area contributed by atoms with Crippen LogP contribution >= 0.6 is 0 Å². The zero-order valence-electron chi connectivity index (χ0n) is 24.5. The first kappa shape index (κ1) is 29.9. The van der Waals surface area contributed by atoms with E-state index >= 15 is 0 Å². The van der Waals surface area contributed by atoms with Crippen LogP contribution in [0.25, 0.3) is 0 Å². The van der Waals surface area contributed by atoms with E-state index in [4.69, 9.17) is 15.5 Å². The summed E-state index contributed by atoms with van der Waals surface area (Å²) in [5.74, 6) is 2.00. The quantitative estimate of drug-likeness (QED) is 0.466. The van der Waals surface area contributed by atoms with Gasteiger partial charge in [0.1, 0.15) is 17.2 Å². The van der Waals surface area contributed by atoms with Crippen LogP contribution in [0.1, 0.15) is 93.9 Å². The standard InChI is InChI=1S/C30H44N6O3/c1-20(2)27-33-19-25-26(37)12-11-21(13-15-35(6)28(25)34-27)22-9-8-10-24(17-22)32-18-23(31)14-16-36(7)29(38)39-30(3,4)5/h8-10,17-21,32H,11-16,31H2,1-7H3/b23-18-. The number of aromatic nitrogens is 2. The summed E-state index contributed by atoms with van der Waals surface area (Å²) in [5.41, 5.74) is 9.00. The molecule has 1 atom stereocenters. The summed E-state index contributed by atoms with van der Waals surface area (Å²) >= 11 is 0. The number of rotatable bonds is 7. The molecule has 1 aliphatic rings. The average Bonchev–Trinajstić information content (AvgIpc) is 2.94. The molecule has 1 aromatic carbocycles. The maximum absolute atomic E-state index is 13.1. The molecule has 1 unspecified atom stereocenters. The minimum Gasteiger partial charge on any atom is -0.444 e. The molecule has 212 valence electrons. The van der Waals surface area contributed by atoms with Crippen LogP contribution in [0.3, 0.4) is 0 Å². The van der Waals surface area contributed by atoms with Crippen molar-refractivity contribution in [1.82, 2.24) is 14.9 Å². The van der Waals surface area contributed by atoms with Gasteiger partial charge in [-0.15, -0.1) is 0 Å². The minimum atomic E-state index is -0.535. The van der Waals surface area contributed by atoms with Gasteiger partial charge in [0.05, 0.1) is 5.56 Å². The van der Waals surface area contributed by atoms with Crippen LogP contribution in [0.5, 0.6) is 0 Å². The number of amides is 1. The summed E-state index contributed by atoms with van der Waals surface area (Å²) in [6.45, 7) is 10.9. The maximum Gasteiger partial charge on any atom is 0.410 e. The fraction of sp³-hybridized carbons (Fsp3) is 0.533. The van der Waals surface area contributed by atoms with Gasteiger partial charge in [0, 0.05) is 69.7 Å². The molecule has 0 saturated carbocycles. The smallest absolute Gasteiger partial charge is 0.410 e. The number of ketones is 1. The number of hydrogen-bond donors (Lipinski definition) is 2. The SMILES string of the molecule is CC(C)c1ncc2c(n1)N(C)CCC(c1cccc(N/C=C(\N)CCN(C)C(=O)OC(C)(C)C)c1)CCC2=O. The molecule has 0 fully saturated rings. The lowest BCUT2D eigenvalue weighted by Gasteiger charge is -2.24. The molecule has 1 aliphatic heterocycles. The number of carbonyl (C=O) groups excluding carboxylic acids is 2. The first-order valence-electron chi connectivity index (χ1n) is 13.7. The molecule has 0 radical (unpaired) electrons. The van der Waals surface area contributed by atoms with E-state index in [2.05, 4.69) is 41.2 Å². The largest absolute Gasteiger partial charge is 0.444 e. The Hall–Kier alpha value is -3.62. The molecule has 0 spiro atoms. The van der Waals surface area contributed by atoms with Crippen LogP contribution in [-0.2, 0) is 4.74 Å². The summed E-state index contributed by atoms with van der Waals surface area (Å²) < 4.78 is 5.38. The van der Waals surface area contributed by atoms with Crippen LogP contribution < -0.4 is 16.0 Å². The molecule has 0 aliphatic carbocycles. The lowest BCUT2D eigenvalue weighted by atomic mass is 9.90. The van der Waals surface area contributed by atoms with Gasteiger partial charge in [-0.1, -0.05) is 26.0 Å². The zero-order chi connectivity index (χ0) is 28.7. The molecule has 2 heterocycles. The number of ether oxygens (including phenoxy) is 1. The lowest BCUT2D eigenvalue weighted by molar-refractivity contribution is 0.0300. The minimum absolute atomic E-state index is 0.0837. The highest BCUT2D eigenvalue weighted by Gasteiger charge is 2.24. The number of carbonyl (C=O) groups is 2. The number of hydrogen-bond acceptors (Lipinski definition) is 8. The summed E-state index contributed by atoms with van der Waals surface area (Å²) in [7, 11) is 3.70. The average molecular weight is 537 g/mol. The van der Waals surface area contributed by atoms with E-state index in [1.165, 1.54) is 10.5 Å². The Balaban J connectivity index is 1.64. The van der Waals surface area contributed by atoms with Crippen LogP contribution in [0.4, 0.5) is 16.3 Å². The fourth-order valence-corrected chi connectivity index (χ4v) is 4.38. The van der Waals surface area contributed by atoms with E-state index in [-0.39, 0.29) is 23.7 Å². The first-order valence-corrected chi connectivity index (χ1v) is 13.7. The second-order valence-electron chi connectivity index (χ2n) is 11.6. The van der Waals surface area contributed by atoms with E-state index < -0.39 is 5.60 Å². The van der Waals surface area contributed by atoms with Gasteiger partial charge in [-0.25, -0.2) is 14.8 Å². The van der Waals surface area contributed by atoms with Crippen molar-refractivity contribution >= 4 is 23.4 Å². The van der Waals surface area contributed by atoms with Gasteiger partial charge in [0.15, 0.2) is 5.78 Å². The Bertz CT molecular complexity index is 1190. The highest BCUT2D eigenvalue weighted by atomic mass is 16.6. The second kappa shape index (κ2) is 13.0. The number of Topliss-reactive ketones (excluding diaryl/α,β-unsaturated/α-hetero) is 1. The van der Waals surface area contributed by atoms with E-state index in [0.29, 0.717) is 30.6 Å². The summed E-state index contributed by atoms with van der Waals surface area (Å²) in [6, 6.07) is 8.25. The second-order valence-corrected chi connectivity index (χ2v) is 11.6. The summed E-state index contributed by atoms with van der Waals surface area (Å²) in [4.78, 5) is 38.0. The van der Waals surface area contributed by atoms with Gasteiger partial charge in [-0.2, -0.15) is 0 Å². The molecule has 3 rings (SSSR count). The molecule has 2 aromatic rings. The molecule has 9 heteroatoms. The normalized spacial score (nSPS) is 16.7. The van der Waals surface area contributed by atoms with Crippen molar-refractivity contribution in [2.45, 2.75) is 77.7 Å². The van der Waals surface area contributed by atoms with Crippen molar-refractivity contribution in [3.05, 3.63) is 59.3 Å². The van der Waals surface area contributed by atoms with Crippen molar-refractivity contribution < 1.29 is 14.3 Å². The van der Waals surface area contributed by atoms with Gasteiger partial charge in [-0.05, 0) is 57.2 Å². The van der Waals surface area contributed by atoms with Crippen molar-refractivity contribution in [3.63, 3.8) is 0 Å². The first-order chi connectivity index (χ1) is 18.3. The maximum atomic E-state index is 13.1. The molecule has 3 N–H and O–H groups in total. The Kier molecular flexibility index (Phi) is 9.94. The topological polar surface area (TPSA) is 114 Å². The molecule has 0 bridgehead atoms. The van der Waals surface area contributed by atoms with Crippen LogP contribution in [0.2, 0.25) is 0 Å². The Morgan fingerprint density at radius 3 is 2.74 bits per heavy atom.